The average molecular weight is 498 g/mol. The second kappa shape index (κ2) is 10.9. The van der Waals surface area contributed by atoms with Gasteiger partial charge < -0.3 is 10.1 Å². The molecule has 1 aliphatic rings. The number of sulfonamides is 1. The van der Waals surface area contributed by atoms with E-state index in [0.29, 0.717) is 12.1 Å². The molecule has 1 saturated heterocycles. The summed E-state index contributed by atoms with van der Waals surface area (Å²) in [6.07, 6.45) is 2.24. The highest BCUT2D eigenvalue weighted by atomic mass is 32.2. The fourth-order valence-corrected chi connectivity index (χ4v) is 5.23. The van der Waals surface area contributed by atoms with Crippen molar-refractivity contribution in [1.29, 1.82) is 0 Å². The van der Waals surface area contributed by atoms with Gasteiger partial charge in [-0.05, 0) is 80.0 Å². The number of para-hydroxylation sites is 1. The van der Waals surface area contributed by atoms with E-state index in [9.17, 15) is 17.6 Å². The summed E-state index contributed by atoms with van der Waals surface area (Å²) >= 11 is 0. The largest absolute Gasteiger partial charge is 0.497 e. The zero-order valence-corrected chi connectivity index (χ0v) is 20.2. The van der Waals surface area contributed by atoms with Gasteiger partial charge in [0.1, 0.15) is 11.6 Å². The summed E-state index contributed by atoms with van der Waals surface area (Å²) < 4.78 is 46.5. The quantitative estimate of drug-likeness (QED) is 0.463. The van der Waals surface area contributed by atoms with Gasteiger partial charge in [-0.1, -0.05) is 24.3 Å². The monoisotopic (exact) mass is 497 g/mol. The number of halogens is 1. The number of benzene rings is 3. The molecule has 1 amide bonds. The highest BCUT2D eigenvalue weighted by Gasteiger charge is 2.24. The Labute approximate surface area is 205 Å². The van der Waals surface area contributed by atoms with Crippen molar-refractivity contribution < 1.29 is 22.3 Å². The lowest BCUT2D eigenvalue weighted by molar-refractivity contribution is 0.0937. The van der Waals surface area contributed by atoms with Crippen molar-refractivity contribution in [2.45, 2.75) is 23.8 Å². The van der Waals surface area contributed by atoms with Crippen LogP contribution >= 0.6 is 0 Å². The molecule has 2 N–H and O–H groups in total. The van der Waals surface area contributed by atoms with Crippen LogP contribution in [0.5, 0.6) is 5.75 Å². The van der Waals surface area contributed by atoms with E-state index in [4.69, 9.17) is 4.74 Å². The second-order valence-corrected chi connectivity index (χ2v) is 10.0. The number of nitrogens with one attached hydrogen (secondary N) is 2. The molecule has 0 radical (unpaired) electrons. The molecule has 1 atom stereocenters. The first-order chi connectivity index (χ1) is 16.9. The van der Waals surface area contributed by atoms with Crippen molar-refractivity contribution in [1.82, 2.24) is 10.2 Å². The average Bonchev–Trinajstić information content (AvgIpc) is 3.40. The van der Waals surface area contributed by atoms with Gasteiger partial charge in [0.25, 0.3) is 15.9 Å². The molecule has 35 heavy (non-hydrogen) atoms. The minimum Gasteiger partial charge on any atom is -0.497 e. The Bertz CT molecular complexity index is 1260. The molecule has 0 aromatic heterocycles. The summed E-state index contributed by atoms with van der Waals surface area (Å²) in [4.78, 5) is 15.1. The summed E-state index contributed by atoms with van der Waals surface area (Å²) in [5, 5.41) is 2.98. The smallest absolute Gasteiger partial charge is 0.261 e. The molecular formula is C26H28FN3O4S. The third kappa shape index (κ3) is 5.98. The normalized spacial score (nSPS) is 14.9. The Balaban J connectivity index is 1.43. The second-order valence-electron chi connectivity index (χ2n) is 8.35. The summed E-state index contributed by atoms with van der Waals surface area (Å²) in [6, 6.07) is 19.0. The van der Waals surface area contributed by atoms with Gasteiger partial charge in [-0.3, -0.25) is 14.4 Å². The number of rotatable bonds is 9. The van der Waals surface area contributed by atoms with Gasteiger partial charge in [-0.2, -0.15) is 0 Å². The number of amides is 1. The predicted molar refractivity (Wildman–Crippen MR) is 133 cm³/mol. The summed E-state index contributed by atoms with van der Waals surface area (Å²) in [5.41, 5.74) is 1.29. The number of hydrogen-bond acceptors (Lipinski definition) is 5. The molecule has 0 saturated carbocycles. The standard InChI is InChI=1S/C26H28FN3O4S/c1-34-21-12-8-19(9-13-21)25(30-16-4-5-17-30)18-28-26(31)20-10-14-22(15-11-20)35(32,33)29-24-7-3-2-6-23(24)27/h2-3,6-15,25,29H,4-5,16-18H2,1H3,(H,28,31). The molecule has 4 rings (SSSR count). The van der Waals surface area contributed by atoms with E-state index in [-0.39, 0.29) is 22.5 Å². The van der Waals surface area contributed by atoms with Gasteiger partial charge in [0.05, 0.1) is 23.7 Å². The van der Waals surface area contributed by atoms with E-state index in [0.717, 1.165) is 37.2 Å². The number of nitrogens with zero attached hydrogens (tertiary/aromatic N) is 1. The van der Waals surface area contributed by atoms with Gasteiger partial charge in [0.15, 0.2) is 0 Å². The number of ether oxygens (including phenoxy) is 1. The number of likely N-dealkylation sites (tertiary alicyclic amines) is 1. The van der Waals surface area contributed by atoms with Crippen LogP contribution in [0.4, 0.5) is 10.1 Å². The number of carbonyl (C=O) groups excluding carboxylic acids is 1. The Morgan fingerprint density at radius 2 is 1.66 bits per heavy atom. The lowest BCUT2D eigenvalue weighted by Crippen LogP contribution is -2.36. The lowest BCUT2D eigenvalue weighted by atomic mass is 10.0. The van der Waals surface area contributed by atoms with Crippen molar-refractivity contribution >= 4 is 21.6 Å². The minimum atomic E-state index is -4.00. The molecule has 0 spiro atoms. The van der Waals surface area contributed by atoms with Crippen LogP contribution in [-0.2, 0) is 10.0 Å². The maximum absolute atomic E-state index is 13.8. The van der Waals surface area contributed by atoms with Crippen LogP contribution in [0.3, 0.4) is 0 Å². The predicted octanol–water partition coefficient (Wildman–Crippen LogP) is 4.20. The molecule has 184 valence electrons. The van der Waals surface area contributed by atoms with Gasteiger partial charge in [-0.25, -0.2) is 12.8 Å². The number of methoxy groups -OCH3 is 1. The van der Waals surface area contributed by atoms with Crippen LogP contribution in [0.2, 0.25) is 0 Å². The first-order valence-corrected chi connectivity index (χ1v) is 12.9. The molecule has 1 aliphatic heterocycles. The molecule has 3 aromatic rings. The molecule has 3 aromatic carbocycles. The Kier molecular flexibility index (Phi) is 7.67. The van der Waals surface area contributed by atoms with Gasteiger partial charge >= 0.3 is 0 Å². The van der Waals surface area contributed by atoms with Crippen LogP contribution in [0, 0.1) is 5.82 Å². The van der Waals surface area contributed by atoms with Crippen molar-refractivity contribution in [2.75, 3.05) is 31.5 Å². The molecule has 1 fully saturated rings. The Morgan fingerprint density at radius 1 is 1.00 bits per heavy atom. The molecule has 1 heterocycles. The van der Waals surface area contributed by atoms with Crippen molar-refractivity contribution in [2.24, 2.45) is 0 Å². The summed E-state index contributed by atoms with van der Waals surface area (Å²) in [5.74, 6) is -0.192. The SMILES string of the molecule is COc1ccc(C(CNC(=O)c2ccc(S(=O)(=O)Nc3ccccc3F)cc2)N2CCCC2)cc1. The molecule has 7 nitrogen and oxygen atoms in total. The van der Waals surface area contributed by atoms with Gasteiger partial charge in [0.2, 0.25) is 0 Å². The summed E-state index contributed by atoms with van der Waals surface area (Å²) in [7, 11) is -2.37. The maximum Gasteiger partial charge on any atom is 0.261 e. The highest BCUT2D eigenvalue weighted by Crippen LogP contribution is 2.26. The fraction of sp³-hybridized carbons (Fsp3) is 0.269. The van der Waals surface area contributed by atoms with Crippen LogP contribution in [-0.4, -0.2) is 46.0 Å². The zero-order valence-electron chi connectivity index (χ0n) is 19.4. The van der Waals surface area contributed by atoms with Crippen LogP contribution in [0.25, 0.3) is 0 Å². The van der Waals surface area contributed by atoms with E-state index in [2.05, 4.69) is 14.9 Å². The molecule has 0 bridgehead atoms. The summed E-state index contributed by atoms with van der Waals surface area (Å²) in [6.45, 7) is 2.35. The van der Waals surface area contributed by atoms with Crippen LogP contribution in [0.15, 0.2) is 77.7 Å². The third-order valence-electron chi connectivity index (χ3n) is 6.08. The maximum atomic E-state index is 13.8. The number of anilines is 1. The number of hydrogen-bond donors (Lipinski definition) is 2. The van der Waals surface area contributed by atoms with Crippen LogP contribution < -0.4 is 14.8 Å². The number of carbonyl (C=O) groups is 1. The first-order valence-electron chi connectivity index (χ1n) is 11.4. The van der Waals surface area contributed by atoms with E-state index in [1.165, 1.54) is 48.5 Å². The van der Waals surface area contributed by atoms with E-state index >= 15 is 0 Å². The Morgan fingerprint density at radius 3 is 2.29 bits per heavy atom. The topological polar surface area (TPSA) is 87.7 Å². The zero-order chi connectivity index (χ0) is 24.8. The molecule has 0 aliphatic carbocycles. The highest BCUT2D eigenvalue weighted by molar-refractivity contribution is 7.92. The van der Waals surface area contributed by atoms with Crippen molar-refractivity contribution in [3.05, 3.63) is 89.7 Å². The van der Waals surface area contributed by atoms with E-state index < -0.39 is 15.8 Å². The Hall–Kier alpha value is -3.43. The van der Waals surface area contributed by atoms with Crippen LogP contribution in [0.1, 0.15) is 34.8 Å². The molecule has 1 unspecified atom stereocenters. The fourth-order valence-electron chi connectivity index (χ4n) is 4.16. The molecular weight excluding hydrogens is 469 g/mol. The minimum absolute atomic E-state index is 0.0250. The molecule has 9 heteroatoms. The van der Waals surface area contributed by atoms with Crippen molar-refractivity contribution in [3.63, 3.8) is 0 Å². The van der Waals surface area contributed by atoms with Gasteiger partial charge in [-0.15, -0.1) is 0 Å². The van der Waals surface area contributed by atoms with Gasteiger partial charge in [0, 0.05) is 12.1 Å². The van der Waals surface area contributed by atoms with Crippen molar-refractivity contribution in [3.8, 4) is 5.75 Å². The van der Waals surface area contributed by atoms with E-state index in [1.54, 1.807) is 7.11 Å². The first kappa shape index (κ1) is 24.7. The lowest BCUT2D eigenvalue weighted by Gasteiger charge is -2.28. The van der Waals surface area contributed by atoms with E-state index in [1.807, 2.05) is 24.3 Å². The third-order valence-corrected chi connectivity index (χ3v) is 7.46.